The van der Waals surface area contributed by atoms with Crippen LogP contribution in [0.15, 0.2) is 42.5 Å². The molecule has 0 radical (unpaired) electrons. The summed E-state index contributed by atoms with van der Waals surface area (Å²) >= 11 is 6.30. The minimum Gasteiger partial charge on any atom is -0.342 e. The second-order valence-electron chi connectivity index (χ2n) is 7.59. The highest BCUT2D eigenvalue weighted by atomic mass is 35.5. The summed E-state index contributed by atoms with van der Waals surface area (Å²) in [6.07, 6.45) is 0.922. The second kappa shape index (κ2) is 6.85. The van der Waals surface area contributed by atoms with Gasteiger partial charge in [0.25, 0.3) is 0 Å². The molecule has 0 aliphatic carbocycles. The maximum atomic E-state index is 14.7. The van der Waals surface area contributed by atoms with E-state index >= 15 is 0 Å². The van der Waals surface area contributed by atoms with Crippen LogP contribution in [0.1, 0.15) is 16.8 Å². The minimum absolute atomic E-state index is 0.308. The number of likely N-dealkylation sites (N-methyl/N-ethyl adjacent to an activating group) is 1. The predicted octanol–water partition coefficient (Wildman–Crippen LogP) is 4.32. The molecule has 0 bridgehead atoms. The van der Waals surface area contributed by atoms with Crippen LogP contribution in [0.25, 0.3) is 10.9 Å². The van der Waals surface area contributed by atoms with Crippen LogP contribution in [-0.4, -0.2) is 36.3 Å². The number of fused-ring (bicyclic) bond motifs is 3. The lowest BCUT2D eigenvalue weighted by molar-refractivity contribution is -0.177. The number of ether oxygens (including phenoxy) is 2. The van der Waals surface area contributed by atoms with Crippen LogP contribution < -0.4 is 0 Å². The normalized spacial score (nSPS) is 19.2. The number of hydrogen-bond acceptors (Lipinski definition) is 3. The van der Waals surface area contributed by atoms with Gasteiger partial charge in [-0.1, -0.05) is 29.8 Å². The highest BCUT2D eigenvalue weighted by Crippen LogP contribution is 2.39. The highest BCUT2D eigenvalue weighted by Gasteiger charge is 2.42. The lowest BCUT2D eigenvalue weighted by Crippen LogP contribution is -2.35. The van der Waals surface area contributed by atoms with Crippen LogP contribution in [0.5, 0.6) is 0 Å². The SMILES string of the molecule is CN1CCc2c(c3cc(Cl)ccc3n2CC2(c3ccccc3F)OCCO2)C1. The molecule has 2 aliphatic heterocycles. The summed E-state index contributed by atoms with van der Waals surface area (Å²) in [6, 6.07) is 12.7. The molecule has 0 saturated carbocycles. The Morgan fingerprint density at radius 1 is 1.14 bits per heavy atom. The third-order valence-electron chi connectivity index (χ3n) is 5.81. The van der Waals surface area contributed by atoms with Crippen molar-refractivity contribution in [1.29, 1.82) is 0 Å². The fourth-order valence-corrected chi connectivity index (χ4v) is 4.67. The van der Waals surface area contributed by atoms with Crippen LogP contribution in [0, 0.1) is 5.82 Å². The number of benzene rings is 2. The minimum atomic E-state index is -1.12. The summed E-state index contributed by atoms with van der Waals surface area (Å²) in [4.78, 5) is 2.31. The summed E-state index contributed by atoms with van der Waals surface area (Å²) in [5.41, 5.74) is 4.07. The zero-order chi connectivity index (χ0) is 19.3. The molecule has 2 aliphatic rings. The molecule has 1 saturated heterocycles. The maximum Gasteiger partial charge on any atom is 0.216 e. The monoisotopic (exact) mass is 400 g/mol. The number of nitrogens with zero attached hydrogens (tertiary/aromatic N) is 2. The molecule has 1 aromatic heterocycles. The zero-order valence-corrected chi connectivity index (χ0v) is 16.5. The van der Waals surface area contributed by atoms with E-state index in [0.717, 1.165) is 35.4 Å². The summed E-state index contributed by atoms with van der Waals surface area (Å²) < 4.78 is 29.0. The van der Waals surface area contributed by atoms with Crippen LogP contribution in [-0.2, 0) is 34.8 Å². The molecule has 0 spiro atoms. The maximum absolute atomic E-state index is 14.7. The summed E-state index contributed by atoms with van der Waals surface area (Å²) in [6.45, 7) is 3.15. The van der Waals surface area contributed by atoms with Crippen molar-refractivity contribution in [2.75, 3.05) is 26.8 Å². The Kier molecular flexibility index (Phi) is 4.43. The van der Waals surface area contributed by atoms with Gasteiger partial charge in [-0.2, -0.15) is 0 Å². The third-order valence-corrected chi connectivity index (χ3v) is 6.05. The van der Waals surface area contributed by atoms with Crippen molar-refractivity contribution in [2.24, 2.45) is 0 Å². The summed E-state index contributed by atoms with van der Waals surface area (Å²) in [5.74, 6) is -1.42. The molecular formula is C22H22ClFN2O2. The molecule has 0 amide bonds. The van der Waals surface area contributed by atoms with Crippen molar-refractivity contribution in [3.05, 3.63) is 70.1 Å². The van der Waals surface area contributed by atoms with Crippen LogP contribution in [0.2, 0.25) is 5.02 Å². The van der Waals surface area contributed by atoms with E-state index in [2.05, 4.69) is 16.5 Å². The van der Waals surface area contributed by atoms with Crippen LogP contribution >= 0.6 is 11.6 Å². The Morgan fingerprint density at radius 3 is 2.71 bits per heavy atom. The molecule has 28 heavy (non-hydrogen) atoms. The fourth-order valence-electron chi connectivity index (χ4n) is 4.50. The van der Waals surface area contributed by atoms with E-state index in [4.69, 9.17) is 21.1 Å². The van der Waals surface area contributed by atoms with Crippen molar-refractivity contribution < 1.29 is 13.9 Å². The van der Waals surface area contributed by atoms with Crippen molar-refractivity contribution in [3.8, 4) is 0 Å². The fraction of sp³-hybridized carbons (Fsp3) is 0.364. The van der Waals surface area contributed by atoms with Gasteiger partial charge in [0.15, 0.2) is 0 Å². The van der Waals surface area contributed by atoms with Gasteiger partial charge in [-0.3, -0.25) is 0 Å². The summed E-state index contributed by atoms with van der Waals surface area (Å²) in [5, 5.41) is 1.87. The van der Waals surface area contributed by atoms with E-state index in [1.807, 2.05) is 24.3 Å². The van der Waals surface area contributed by atoms with Crippen molar-refractivity contribution in [1.82, 2.24) is 9.47 Å². The van der Waals surface area contributed by atoms with Gasteiger partial charge in [-0.15, -0.1) is 0 Å². The second-order valence-corrected chi connectivity index (χ2v) is 8.03. The van der Waals surface area contributed by atoms with E-state index in [9.17, 15) is 4.39 Å². The first-order chi connectivity index (χ1) is 13.6. The zero-order valence-electron chi connectivity index (χ0n) is 15.8. The van der Waals surface area contributed by atoms with Crippen molar-refractivity contribution >= 4 is 22.5 Å². The van der Waals surface area contributed by atoms with Gasteiger partial charge in [0.2, 0.25) is 5.79 Å². The van der Waals surface area contributed by atoms with Gasteiger partial charge < -0.3 is 18.9 Å². The van der Waals surface area contributed by atoms with Gasteiger partial charge in [0, 0.05) is 46.7 Å². The standard InChI is InChI=1S/C22H22ClFN2O2/c1-25-9-8-21-17(13-25)16-12-15(23)6-7-20(16)26(21)14-22(27-10-11-28-22)18-4-2-3-5-19(18)24/h2-7,12H,8-11,13-14H2,1H3. The van der Waals surface area contributed by atoms with Gasteiger partial charge >= 0.3 is 0 Å². The molecule has 4 nitrogen and oxygen atoms in total. The van der Waals surface area contributed by atoms with Gasteiger partial charge in [0.05, 0.1) is 19.8 Å². The molecule has 146 valence electrons. The molecule has 0 atom stereocenters. The summed E-state index contributed by atoms with van der Waals surface area (Å²) in [7, 11) is 2.13. The number of halogens is 2. The lowest BCUT2D eigenvalue weighted by atomic mass is 10.0. The predicted molar refractivity (Wildman–Crippen MR) is 107 cm³/mol. The lowest BCUT2D eigenvalue weighted by Gasteiger charge is -2.31. The van der Waals surface area contributed by atoms with E-state index in [1.54, 1.807) is 12.1 Å². The quantitative estimate of drug-likeness (QED) is 0.655. The van der Waals surface area contributed by atoms with Gasteiger partial charge in [-0.05, 0) is 36.9 Å². The first-order valence-electron chi connectivity index (χ1n) is 9.58. The largest absolute Gasteiger partial charge is 0.342 e. The molecule has 0 unspecified atom stereocenters. The van der Waals surface area contributed by atoms with Crippen LogP contribution in [0.3, 0.4) is 0 Å². The smallest absolute Gasteiger partial charge is 0.216 e. The van der Waals surface area contributed by atoms with Gasteiger partial charge in [-0.25, -0.2) is 4.39 Å². The van der Waals surface area contributed by atoms with E-state index < -0.39 is 5.79 Å². The molecule has 5 rings (SSSR count). The average molecular weight is 401 g/mol. The Morgan fingerprint density at radius 2 is 1.93 bits per heavy atom. The first kappa shape index (κ1) is 18.1. The average Bonchev–Trinajstić information content (AvgIpc) is 3.26. The topological polar surface area (TPSA) is 26.6 Å². The molecule has 0 N–H and O–H groups in total. The Hall–Kier alpha value is -1.92. The van der Waals surface area contributed by atoms with E-state index in [-0.39, 0.29) is 5.82 Å². The highest BCUT2D eigenvalue weighted by molar-refractivity contribution is 6.31. The van der Waals surface area contributed by atoms with Crippen molar-refractivity contribution in [3.63, 3.8) is 0 Å². The van der Waals surface area contributed by atoms with Crippen LogP contribution in [0.4, 0.5) is 4.39 Å². The van der Waals surface area contributed by atoms with Gasteiger partial charge in [0.1, 0.15) is 5.82 Å². The van der Waals surface area contributed by atoms with E-state index in [0.29, 0.717) is 25.3 Å². The molecule has 2 aromatic carbocycles. The Labute approximate surface area is 168 Å². The van der Waals surface area contributed by atoms with Crippen molar-refractivity contribution in [2.45, 2.75) is 25.3 Å². The molecular weight excluding hydrogens is 379 g/mol. The number of hydrogen-bond donors (Lipinski definition) is 0. The molecule has 1 fully saturated rings. The molecule has 6 heteroatoms. The number of rotatable bonds is 3. The Balaban J connectivity index is 1.68. The number of aromatic nitrogens is 1. The molecule has 3 heterocycles. The molecule has 3 aromatic rings. The first-order valence-corrected chi connectivity index (χ1v) is 9.96. The Bertz CT molecular complexity index is 1040. The van der Waals surface area contributed by atoms with E-state index in [1.165, 1.54) is 17.3 Å². The third kappa shape index (κ3) is 2.85.